The number of ketones is 1. The summed E-state index contributed by atoms with van der Waals surface area (Å²) >= 11 is 2.02. The molecule has 2 atom stereocenters. The van der Waals surface area contributed by atoms with Crippen LogP contribution in [0.5, 0.6) is 0 Å². The number of rotatable bonds is 2. The van der Waals surface area contributed by atoms with E-state index in [0.717, 1.165) is 30.7 Å². The zero-order valence-electron chi connectivity index (χ0n) is 16.2. The Morgan fingerprint density at radius 2 is 2.07 bits per heavy atom. The molecule has 3 aliphatic carbocycles. The first-order valence-electron chi connectivity index (χ1n) is 10.3. The second-order valence-electron chi connectivity index (χ2n) is 7.97. The van der Waals surface area contributed by atoms with Crippen LogP contribution in [0.15, 0.2) is 68.6 Å². The average Bonchev–Trinajstić information content (AvgIpc) is 3.11. The minimum absolute atomic E-state index is 0.0495. The number of allylic oxidation sites excluding steroid dienone is 8. The molecule has 0 saturated carbocycles. The Kier molecular flexibility index (Phi) is 4.71. The number of thioether (sulfide) groups is 1. The lowest BCUT2D eigenvalue weighted by Crippen LogP contribution is -2.42. The van der Waals surface area contributed by atoms with Crippen molar-refractivity contribution in [2.75, 3.05) is 7.11 Å². The monoisotopic (exact) mass is 394 g/mol. The molecule has 4 nitrogen and oxygen atoms in total. The lowest BCUT2D eigenvalue weighted by atomic mass is 9.81. The fraction of sp³-hybridized carbons (Fsp3) is 0.435. The van der Waals surface area contributed by atoms with Gasteiger partial charge in [0.05, 0.1) is 13.2 Å². The maximum absolute atomic E-state index is 12.4. The number of carbonyl (C=O) groups is 1. The standard InChI is InChI=1S/C23H26N2O2S/c1-27-22-13-18(24-23(25-22)16-7-2-4-8-19(16)26)14-10-11-21-17(12-14)15-6-3-5-9-20(15)28-21/h4,8,10-11,13,17-18,24-25H,2-3,5-7,9,12H2,1H3. The van der Waals surface area contributed by atoms with E-state index in [4.69, 9.17) is 4.74 Å². The summed E-state index contributed by atoms with van der Waals surface area (Å²) in [5.74, 6) is 2.16. The van der Waals surface area contributed by atoms with Crippen LogP contribution in [0.2, 0.25) is 0 Å². The molecule has 146 valence electrons. The second-order valence-corrected chi connectivity index (χ2v) is 9.13. The van der Waals surface area contributed by atoms with Gasteiger partial charge in [0.1, 0.15) is 5.82 Å². The Bertz CT molecular complexity index is 904. The fourth-order valence-electron chi connectivity index (χ4n) is 4.79. The zero-order chi connectivity index (χ0) is 19.1. The summed E-state index contributed by atoms with van der Waals surface area (Å²) < 4.78 is 5.53. The molecule has 2 N–H and O–H groups in total. The molecule has 5 rings (SSSR count). The first-order chi connectivity index (χ1) is 13.7. The molecule has 0 aromatic carbocycles. The number of ether oxygens (including phenoxy) is 1. The molecular weight excluding hydrogens is 368 g/mol. The summed E-state index contributed by atoms with van der Waals surface area (Å²) in [6.07, 6.45) is 18.2. The SMILES string of the molecule is COC1=CC(C2=CC=C3SC4=C(CCCC4)C3C2)NC(=C2CCC=CC2=O)N1. The van der Waals surface area contributed by atoms with Crippen molar-refractivity contribution in [2.24, 2.45) is 5.92 Å². The van der Waals surface area contributed by atoms with Gasteiger partial charge in [-0.2, -0.15) is 0 Å². The highest BCUT2D eigenvalue weighted by molar-refractivity contribution is 8.07. The highest BCUT2D eigenvalue weighted by Gasteiger charge is 2.35. The van der Waals surface area contributed by atoms with Gasteiger partial charge in [0.25, 0.3) is 0 Å². The van der Waals surface area contributed by atoms with E-state index < -0.39 is 0 Å². The van der Waals surface area contributed by atoms with E-state index in [1.165, 1.54) is 36.2 Å². The first-order valence-corrected chi connectivity index (χ1v) is 11.1. The predicted molar refractivity (Wildman–Crippen MR) is 113 cm³/mol. The highest BCUT2D eigenvalue weighted by Crippen LogP contribution is 2.54. The minimum Gasteiger partial charge on any atom is -0.482 e. The summed E-state index contributed by atoms with van der Waals surface area (Å²) in [5, 5.41) is 6.84. The van der Waals surface area contributed by atoms with E-state index >= 15 is 0 Å². The van der Waals surface area contributed by atoms with Crippen LogP contribution in [0.25, 0.3) is 0 Å². The van der Waals surface area contributed by atoms with E-state index in [2.05, 4.69) is 28.9 Å². The van der Waals surface area contributed by atoms with Crippen molar-refractivity contribution in [2.45, 2.75) is 51.0 Å². The van der Waals surface area contributed by atoms with Gasteiger partial charge in [0, 0.05) is 17.6 Å². The van der Waals surface area contributed by atoms with Crippen molar-refractivity contribution < 1.29 is 9.53 Å². The summed E-state index contributed by atoms with van der Waals surface area (Å²) in [6.45, 7) is 0. The molecule has 0 aromatic rings. The summed E-state index contributed by atoms with van der Waals surface area (Å²) in [4.78, 5) is 15.5. The molecule has 5 aliphatic rings. The number of hydrogen-bond acceptors (Lipinski definition) is 5. The minimum atomic E-state index is 0.0495. The van der Waals surface area contributed by atoms with E-state index in [-0.39, 0.29) is 11.8 Å². The van der Waals surface area contributed by atoms with Crippen LogP contribution in [0, 0.1) is 5.92 Å². The van der Waals surface area contributed by atoms with E-state index in [1.807, 2.05) is 17.8 Å². The van der Waals surface area contributed by atoms with Crippen LogP contribution in [0.4, 0.5) is 0 Å². The molecule has 28 heavy (non-hydrogen) atoms. The van der Waals surface area contributed by atoms with Crippen LogP contribution in [0.1, 0.15) is 44.9 Å². The van der Waals surface area contributed by atoms with Gasteiger partial charge in [-0.05, 0) is 66.4 Å². The van der Waals surface area contributed by atoms with Gasteiger partial charge in [-0.25, -0.2) is 0 Å². The third kappa shape index (κ3) is 3.16. The lowest BCUT2D eigenvalue weighted by molar-refractivity contribution is -0.111. The molecule has 5 heteroatoms. The molecule has 0 bridgehead atoms. The van der Waals surface area contributed by atoms with Gasteiger partial charge in [-0.1, -0.05) is 35.6 Å². The van der Waals surface area contributed by atoms with Crippen molar-refractivity contribution in [3.05, 3.63) is 68.6 Å². The molecule has 0 aromatic heterocycles. The number of nitrogens with one attached hydrogen (secondary N) is 2. The van der Waals surface area contributed by atoms with Crippen LogP contribution in [-0.4, -0.2) is 18.9 Å². The summed E-state index contributed by atoms with van der Waals surface area (Å²) in [5.41, 5.74) is 3.86. The Morgan fingerprint density at radius 1 is 1.18 bits per heavy atom. The fourth-order valence-corrected chi connectivity index (χ4v) is 6.20. The third-order valence-corrected chi connectivity index (χ3v) is 7.65. The molecule has 2 heterocycles. The number of methoxy groups -OCH3 is 1. The molecule has 0 radical (unpaired) electrons. The molecule has 0 spiro atoms. The van der Waals surface area contributed by atoms with Crippen LogP contribution in [0.3, 0.4) is 0 Å². The van der Waals surface area contributed by atoms with Crippen molar-refractivity contribution >= 4 is 17.5 Å². The predicted octanol–water partition coefficient (Wildman–Crippen LogP) is 4.57. The molecule has 0 amide bonds. The zero-order valence-corrected chi connectivity index (χ0v) is 17.0. The summed E-state index contributed by atoms with van der Waals surface area (Å²) in [6, 6.07) is 0.0495. The largest absolute Gasteiger partial charge is 0.482 e. The van der Waals surface area contributed by atoms with Gasteiger partial charge in [0.2, 0.25) is 0 Å². The number of hydrogen-bond donors (Lipinski definition) is 2. The number of fused-ring (bicyclic) bond motifs is 2. The molecular formula is C23H26N2O2S. The van der Waals surface area contributed by atoms with E-state index in [1.54, 1.807) is 23.7 Å². The van der Waals surface area contributed by atoms with Gasteiger partial charge in [0.15, 0.2) is 11.7 Å². The average molecular weight is 395 g/mol. The maximum Gasteiger partial charge on any atom is 0.190 e. The molecule has 2 aliphatic heterocycles. The van der Waals surface area contributed by atoms with Gasteiger partial charge in [-0.15, -0.1) is 0 Å². The normalized spacial score (nSPS) is 31.9. The van der Waals surface area contributed by atoms with E-state index in [9.17, 15) is 4.79 Å². The first kappa shape index (κ1) is 17.9. The van der Waals surface area contributed by atoms with Crippen LogP contribution >= 0.6 is 11.8 Å². The van der Waals surface area contributed by atoms with Gasteiger partial charge in [-0.3, -0.25) is 4.79 Å². The Labute approximate surface area is 170 Å². The van der Waals surface area contributed by atoms with Crippen molar-refractivity contribution in [3.8, 4) is 0 Å². The van der Waals surface area contributed by atoms with Crippen LogP contribution in [-0.2, 0) is 9.53 Å². The Balaban J connectivity index is 1.43. The quantitative estimate of drug-likeness (QED) is 0.672. The molecule has 0 fully saturated rings. The third-order valence-electron chi connectivity index (χ3n) is 6.28. The Morgan fingerprint density at radius 3 is 2.93 bits per heavy atom. The lowest BCUT2D eigenvalue weighted by Gasteiger charge is -2.32. The van der Waals surface area contributed by atoms with Gasteiger partial charge < -0.3 is 15.4 Å². The molecule has 0 saturated heterocycles. The van der Waals surface area contributed by atoms with Crippen molar-refractivity contribution in [3.63, 3.8) is 0 Å². The van der Waals surface area contributed by atoms with Gasteiger partial charge >= 0.3 is 0 Å². The molecule has 2 unspecified atom stereocenters. The Hall–Kier alpha value is -2.14. The van der Waals surface area contributed by atoms with Crippen LogP contribution < -0.4 is 10.6 Å². The second kappa shape index (κ2) is 7.36. The number of carbonyl (C=O) groups excluding carboxylic acids is 1. The highest BCUT2D eigenvalue weighted by atomic mass is 32.2. The van der Waals surface area contributed by atoms with Crippen molar-refractivity contribution in [1.29, 1.82) is 0 Å². The van der Waals surface area contributed by atoms with E-state index in [0.29, 0.717) is 11.8 Å². The smallest absolute Gasteiger partial charge is 0.190 e. The maximum atomic E-state index is 12.4. The summed E-state index contributed by atoms with van der Waals surface area (Å²) in [7, 11) is 1.67. The topological polar surface area (TPSA) is 50.4 Å². The van der Waals surface area contributed by atoms with Crippen molar-refractivity contribution in [1.82, 2.24) is 10.6 Å².